The Labute approximate surface area is 162 Å². The van der Waals surface area contributed by atoms with Crippen molar-refractivity contribution in [3.63, 3.8) is 0 Å². The molecule has 1 N–H and O–H groups in total. The first kappa shape index (κ1) is 22.7. The molecule has 146 valence electrons. The molecule has 0 saturated heterocycles. The van der Waals surface area contributed by atoms with Gasteiger partial charge < -0.3 is 5.11 Å². The zero-order chi connectivity index (χ0) is 19.4. The van der Waals surface area contributed by atoms with E-state index in [-0.39, 0.29) is 6.61 Å². The van der Waals surface area contributed by atoms with Crippen LogP contribution in [0.1, 0.15) is 86.0 Å². The highest BCUT2D eigenvalue weighted by Gasteiger charge is 2.11. The molecule has 1 nitrogen and oxygen atoms in total. The monoisotopic (exact) mass is 356 g/mol. The molecule has 1 atom stereocenters. The minimum Gasteiger partial charge on any atom is -0.392 e. The first-order chi connectivity index (χ1) is 12.4. The zero-order valence-corrected chi connectivity index (χ0v) is 17.8. The minimum absolute atomic E-state index is 0.194. The maximum absolute atomic E-state index is 9.71. The third kappa shape index (κ3) is 9.97. The van der Waals surface area contributed by atoms with Crippen LogP contribution in [0.2, 0.25) is 0 Å². The summed E-state index contributed by atoms with van der Waals surface area (Å²) >= 11 is 0. The van der Waals surface area contributed by atoms with Crippen molar-refractivity contribution in [1.29, 1.82) is 0 Å². The van der Waals surface area contributed by atoms with Crippen LogP contribution in [-0.2, 0) is 0 Å². The van der Waals surface area contributed by atoms with Crippen molar-refractivity contribution in [2.75, 3.05) is 6.61 Å². The van der Waals surface area contributed by atoms with Crippen LogP contribution >= 0.6 is 0 Å². The fraction of sp³-hybridized carbons (Fsp3) is 0.600. The van der Waals surface area contributed by atoms with Gasteiger partial charge in [-0.15, -0.1) is 0 Å². The summed E-state index contributed by atoms with van der Waals surface area (Å²) < 4.78 is 0. The number of hydrogen-bond donors (Lipinski definition) is 1. The molecular weight excluding hydrogens is 316 g/mol. The summed E-state index contributed by atoms with van der Waals surface area (Å²) in [5.41, 5.74) is 7.06. The molecule has 0 aromatic heterocycles. The molecule has 1 aliphatic carbocycles. The molecule has 0 spiro atoms. The summed E-state index contributed by atoms with van der Waals surface area (Å²) in [4.78, 5) is 0. The second-order valence-electron chi connectivity index (χ2n) is 8.14. The SMILES string of the molecule is CC(C)=CC/C=C(\C)[C@H]1C/C=C(/CO)CC/C=C(\C)CC/C=C(\C)CC1. The van der Waals surface area contributed by atoms with E-state index in [1.165, 1.54) is 40.7 Å². The van der Waals surface area contributed by atoms with Crippen LogP contribution in [0.3, 0.4) is 0 Å². The van der Waals surface area contributed by atoms with E-state index in [9.17, 15) is 5.11 Å². The average molecular weight is 357 g/mol. The van der Waals surface area contributed by atoms with E-state index in [1.54, 1.807) is 0 Å². The second kappa shape index (κ2) is 12.9. The Bertz CT molecular complexity index is 565. The third-order valence-corrected chi connectivity index (χ3v) is 5.38. The van der Waals surface area contributed by atoms with Crippen LogP contribution < -0.4 is 0 Å². The number of hydrogen-bond acceptors (Lipinski definition) is 1. The van der Waals surface area contributed by atoms with E-state index in [4.69, 9.17) is 0 Å². The minimum atomic E-state index is 0.194. The Morgan fingerprint density at radius 1 is 0.962 bits per heavy atom. The lowest BCUT2D eigenvalue weighted by Gasteiger charge is -2.18. The van der Waals surface area contributed by atoms with E-state index in [0.717, 1.165) is 38.5 Å². The summed E-state index contributed by atoms with van der Waals surface area (Å²) in [6.07, 6.45) is 20.5. The van der Waals surface area contributed by atoms with Crippen LogP contribution in [0.5, 0.6) is 0 Å². The largest absolute Gasteiger partial charge is 0.392 e. The van der Waals surface area contributed by atoms with Gasteiger partial charge in [-0.2, -0.15) is 0 Å². The van der Waals surface area contributed by atoms with E-state index in [1.807, 2.05) is 0 Å². The van der Waals surface area contributed by atoms with Crippen molar-refractivity contribution < 1.29 is 5.11 Å². The molecule has 0 radical (unpaired) electrons. The smallest absolute Gasteiger partial charge is 0.0641 e. The predicted molar refractivity (Wildman–Crippen MR) is 116 cm³/mol. The quantitative estimate of drug-likeness (QED) is 0.518. The van der Waals surface area contributed by atoms with Crippen LogP contribution in [0.15, 0.2) is 58.2 Å². The standard InChI is InChI=1S/C25H40O/c1-20(2)9-6-13-23(5)25-17-15-22(4)11-7-10-21(3)12-8-14-24(19-26)16-18-25/h9,11-13,16,25-26H,6-8,10,14-15,17-19H2,1-5H3/b21-12+,22-11+,23-13+,24-16+/t25-/m1/s1. The highest BCUT2D eigenvalue weighted by Crippen LogP contribution is 2.26. The van der Waals surface area contributed by atoms with Crippen molar-refractivity contribution in [1.82, 2.24) is 0 Å². The topological polar surface area (TPSA) is 20.2 Å². The van der Waals surface area contributed by atoms with Gasteiger partial charge in [0.25, 0.3) is 0 Å². The maximum Gasteiger partial charge on any atom is 0.0641 e. The molecule has 1 heteroatoms. The normalized spacial score (nSPS) is 27.2. The van der Waals surface area contributed by atoms with Crippen molar-refractivity contribution in [3.05, 3.63) is 58.2 Å². The molecule has 0 unspecified atom stereocenters. The van der Waals surface area contributed by atoms with Gasteiger partial charge in [-0.05, 0) is 97.5 Å². The Morgan fingerprint density at radius 3 is 2.27 bits per heavy atom. The molecule has 26 heavy (non-hydrogen) atoms. The average Bonchev–Trinajstić information content (AvgIpc) is 2.59. The number of allylic oxidation sites excluding steroid dienone is 9. The molecule has 0 aromatic carbocycles. The number of aliphatic hydroxyl groups is 1. The first-order valence-electron chi connectivity index (χ1n) is 10.3. The fourth-order valence-electron chi connectivity index (χ4n) is 3.39. The van der Waals surface area contributed by atoms with Gasteiger partial charge in [0, 0.05) is 0 Å². The van der Waals surface area contributed by atoms with Gasteiger partial charge in [-0.25, -0.2) is 0 Å². The molecule has 0 aromatic rings. The Balaban J connectivity index is 2.93. The van der Waals surface area contributed by atoms with E-state index in [0.29, 0.717) is 5.92 Å². The van der Waals surface area contributed by atoms with Gasteiger partial charge in [0.05, 0.1) is 6.61 Å². The van der Waals surface area contributed by atoms with Crippen LogP contribution in [0.4, 0.5) is 0 Å². The Morgan fingerprint density at radius 2 is 1.62 bits per heavy atom. The second-order valence-corrected chi connectivity index (χ2v) is 8.14. The van der Waals surface area contributed by atoms with Crippen molar-refractivity contribution >= 4 is 0 Å². The highest BCUT2D eigenvalue weighted by atomic mass is 16.3. The van der Waals surface area contributed by atoms with Crippen LogP contribution in [0.25, 0.3) is 0 Å². The maximum atomic E-state index is 9.71. The van der Waals surface area contributed by atoms with E-state index < -0.39 is 0 Å². The molecular formula is C25H40O. The fourth-order valence-corrected chi connectivity index (χ4v) is 3.39. The number of aliphatic hydroxyl groups excluding tert-OH is 1. The number of rotatable bonds is 4. The highest BCUT2D eigenvalue weighted by molar-refractivity contribution is 5.14. The Hall–Kier alpha value is -1.34. The molecule has 0 saturated carbocycles. The van der Waals surface area contributed by atoms with Gasteiger partial charge in [0.2, 0.25) is 0 Å². The molecule has 0 fully saturated rings. The van der Waals surface area contributed by atoms with Gasteiger partial charge in [0.15, 0.2) is 0 Å². The Kier molecular flexibility index (Phi) is 11.3. The molecule has 1 aliphatic rings. The molecule has 1 rings (SSSR count). The zero-order valence-electron chi connectivity index (χ0n) is 17.8. The summed E-state index contributed by atoms with van der Waals surface area (Å²) in [5, 5.41) is 9.71. The van der Waals surface area contributed by atoms with Crippen molar-refractivity contribution in [2.45, 2.75) is 86.0 Å². The molecule has 0 heterocycles. The van der Waals surface area contributed by atoms with Gasteiger partial charge >= 0.3 is 0 Å². The summed E-state index contributed by atoms with van der Waals surface area (Å²) in [6, 6.07) is 0. The van der Waals surface area contributed by atoms with Gasteiger partial charge in [-0.3, -0.25) is 0 Å². The van der Waals surface area contributed by atoms with E-state index in [2.05, 4.69) is 65.0 Å². The molecule has 0 bridgehead atoms. The lowest BCUT2D eigenvalue weighted by Crippen LogP contribution is -2.03. The lowest BCUT2D eigenvalue weighted by atomic mass is 9.88. The van der Waals surface area contributed by atoms with Crippen LogP contribution in [-0.4, -0.2) is 11.7 Å². The summed E-state index contributed by atoms with van der Waals surface area (Å²) in [7, 11) is 0. The van der Waals surface area contributed by atoms with E-state index >= 15 is 0 Å². The van der Waals surface area contributed by atoms with Crippen molar-refractivity contribution in [3.8, 4) is 0 Å². The molecule has 0 amide bonds. The predicted octanol–water partition coefficient (Wildman–Crippen LogP) is 7.46. The lowest BCUT2D eigenvalue weighted by molar-refractivity contribution is 0.325. The van der Waals surface area contributed by atoms with Gasteiger partial charge in [-0.1, -0.05) is 52.7 Å². The van der Waals surface area contributed by atoms with Crippen LogP contribution in [0, 0.1) is 5.92 Å². The summed E-state index contributed by atoms with van der Waals surface area (Å²) in [5.74, 6) is 0.575. The molecule has 0 aliphatic heterocycles. The third-order valence-electron chi connectivity index (χ3n) is 5.38. The first-order valence-corrected chi connectivity index (χ1v) is 10.3. The van der Waals surface area contributed by atoms with Crippen molar-refractivity contribution in [2.24, 2.45) is 5.92 Å². The van der Waals surface area contributed by atoms with Gasteiger partial charge in [0.1, 0.15) is 0 Å². The summed E-state index contributed by atoms with van der Waals surface area (Å²) in [6.45, 7) is 11.3.